The van der Waals surface area contributed by atoms with Gasteiger partial charge in [0, 0.05) is 66.8 Å². The first kappa shape index (κ1) is 103. The summed E-state index contributed by atoms with van der Waals surface area (Å²) < 4.78 is 48.9. The Morgan fingerprint density at radius 3 is 1.56 bits per heavy atom. The SMILES string of the molecule is C.C.C.C.C.C.CC.CC.CC.CC.CC.CCCn1cc(COCCN2CCOCC2)nn1.CCO.CCO.CCO.Cc1cccc(COCCCS(=O)(=O)[O-])c1.[B].[Na+]. The van der Waals surface area contributed by atoms with Crippen LogP contribution >= 0.6 is 0 Å². The number of ether oxygens (including phenoxy) is 3. The third kappa shape index (κ3) is 94.7. The zero-order valence-electron chi connectivity index (χ0n) is 38.3. The van der Waals surface area contributed by atoms with Crippen LogP contribution in [0.1, 0.15) is 171 Å². The number of hydrogen-bond donors (Lipinski definition) is 3. The van der Waals surface area contributed by atoms with Gasteiger partial charge in [-0.1, -0.05) is 156 Å². The van der Waals surface area contributed by atoms with Crippen LogP contribution in [-0.2, 0) is 44.1 Å². The molecule has 0 amide bonds. The third-order valence-corrected chi connectivity index (χ3v) is 5.77. The monoisotopic (exact) mass is 916 g/mol. The maximum atomic E-state index is 10.3. The molecule has 1 aromatic carbocycles. The van der Waals surface area contributed by atoms with Crippen LogP contribution in [0.4, 0.5) is 0 Å². The Bertz CT molecular complexity index is 990. The molecule has 0 atom stereocenters. The van der Waals surface area contributed by atoms with E-state index in [0.29, 0.717) is 13.2 Å². The number of aromatic nitrogens is 3. The Morgan fingerprint density at radius 2 is 1.16 bits per heavy atom. The van der Waals surface area contributed by atoms with Crippen LogP contribution in [-0.4, -0.2) is 128 Å². The summed E-state index contributed by atoms with van der Waals surface area (Å²) in [6, 6.07) is 7.88. The molecule has 3 radical (unpaired) electrons. The van der Waals surface area contributed by atoms with Crippen LogP contribution < -0.4 is 29.6 Å². The van der Waals surface area contributed by atoms with Crippen molar-refractivity contribution >= 4 is 18.5 Å². The van der Waals surface area contributed by atoms with Gasteiger partial charge >= 0.3 is 29.6 Å². The summed E-state index contributed by atoms with van der Waals surface area (Å²) >= 11 is 0. The van der Waals surface area contributed by atoms with Gasteiger partial charge in [-0.15, -0.1) is 5.10 Å². The summed E-state index contributed by atoms with van der Waals surface area (Å²) in [5, 5.41) is 30.8. The second-order valence-electron chi connectivity index (χ2n) is 9.09. The summed E-state index contributed by atoms with van der Waals surface area (Å²) in [6.07, 6.45) is 3.27. The zero-order valence-corrected chi connectivity index (χ0v) is 41.1. The maximum absolute atomic E-state index is 10.3. The van der Waals surface area contributed by atoms with Gasteiger partial charge < -0.3 is 34.1 Å². The fourth-order valence-corrected chi connectivity index (χ4v) is 3.74. The molecule has 0 bridgehead atoms. The first-order chi connectivity index (χ1) is 25.6. The molecule has 13 nitrogen and oxygen atoms in total. The number of hydrogen-bond acceptors (Lipinski definition) is 12. The van der Waals surface area contributed by atoms with E-state index in [1.165, 1.54) is 0 Å². The smallest absolute Gasteiger partial charge is 0.748 e. The van der Waals surface area contributed by atoms with Gasteiger partial charge in [-0.25, -0.2) is 8.42 Å². The van der Waals surface area contributed by atoms with Gasteiger partial charge in [0.05, 0.1) is 49.3 Å². The van der Waals surface area contributed by atoms with E-state index < -0.39 is 10.1 Å². The van der Waals surface area contributed by atoms with Gasteiger partial charge in [0.2, 0.25) is 0 Å². The molecule has 2 aromatic rings. The third-order valence-electron chi connectivity index (χ3n) is 4.98. The van der Waals surface area contributed by atoms with Crippen LogP contribution in [0, 0.1) is 6.92 Å². The summed E-state index contributed by atoms with van der Waals surface area (Å²) in [6.45, 7) is 37.5. The molecule has 3 rings (SSSR count). The Balaban J connectivity index is -0.0000000349. The topological polar surface area (TPSA) is 180 Å². The average Bonchev–Trinajstić information content (AvgIpc) is 3.63. The van der Waals surface area contributed by atoms with E-state index in [-0.39, 0.29) is 121 Å². The van der Waals surface area contributed by atoms with E-state index in [9.17, 15) is 13.0 Å². The molecule has 0 aliphatic carbocycles. The largest absolute Gasteiger partial charge is 1.00 e. The van der Waals surface area contributed by atoms with E-state index >= 15 is 0 Å². The van der Waals surface area contributed by atoms with Crippen molar-refractivity contribution in [1.29, 1.82) is 0 Å². The van der Waals surface area contributed by atoms with Crippen LogP contribution in [0.2, 0.25) is 0 Å². The molecule has 1 aliphatic heterocycles. The van der Waals surface area contributed by atoms with E-state index in [0.717, 1.165) is 69.2 Å². The maximum Gasteiger partial charge on any atom is 1.00 e. The van der Waals surface area contributed by atoms with E-state index in [4.69, 9.17) is 29.5 Å². The summed E-state index contributed by atoms with van der Waals surface area (Å²) in [7, 11) is -4.11. The van der Waals surface area contributed by atoms with Crippen molar-refractivity contribution in [2.75, 3.05) is 71.6 Å². The molecule has 1 aromatic heterocycles. The number of aryl methyl sites for hydroxylation is 2. The Hall–Kier alpha value is -0.945. The van der Waals surface area contributed by atoms with Gasteiger partial charge in [-0.05, 0) is 46.1 Å². The second-order valence-corrected chi connectivity index (χ2v) is 10.6. The van der Waals surface area contributed by atoms with Crippen LogP contribution in [0.25, 0.3) is 0 Å². The molecule has 16 heteroatoms. The number of aliphatic hydroxyl groups is 3. The number of rotatable bonds is 13. The van der Waals surface area contributed by atoms with Crippen molar-refractivity contribution in [3.63, 3.8) is 0 Å². The number of benzene rings is 1. The summed E-state index contributed by atoms with van der Waals surface area (Å²) in [5.41, 5.74) is 3.11. The molecule has 0 saturated carbocycles. The standard InChI is InChI=1S/C12H22N4O2.C11H16O4S.3C2H6O.5C2H6.6CH4.B.Na/c1-2-3-16-10-12(13-14-16)11-18-9-6-15-4-7-17-8-5-15;1-10-4-2-5-11(8-10)9-15-6-3-7-16(12,13)14;3*1-2-3;5*1-2;;;;;;;;/h10H,2-9,11H2,1H3;2,4-5,8H,3,6-7,9H2,1H3,(H,12,13,14);3*3H,2H2,1H3;5*1-2H3;6*1H4;;/q;;;;;;;;;;;;;;;;;+1/p-1. The molecule has 1 aliphatic rings. The van der Waals surface area contributed by atoms with Crippen molar-refractivity contribution in [1.82, 2.24) is 19.9 Å². The molecular weight excluding hydrogens is 806 g/mol. The first-order valence-corrected chi connectivity index (χ1v) is 21.3. The second kappa shape index (κ2) is 93.8. The van der Waals surface area contributed by atoms with Gasteiger partial charge in [0.25, 0.3) is 0 Å². The Kier molecular flexibility index (Phi) is 159. The molecule has 1 fully saturated rings. The predicted molar refractivity (Wildman–Crippen MR) is 268 cm³/mol. The Labute approximate surface area is 408 Å². The minimum atomic E-state index is -4.11. The fourth-order valence-electron chi connectivity index (χ4n) is 3.27. The van der Waals surface area contributed by atoms with E-state index in [2.05, 4.69) is 22.1 Å². The van der Waals surface area contributed by atoms with Crippen molar-refractivity contribution in [3.05, 3.63) is 47.3 Å². The number of morpholine rings is 1. The molecule has 61 heavy (non-hydrogen) atoms. The quantitative estimate of drug-likeness (QED) is 0.102. The minimum Gasteiger partial charge on any atom is -0.748 e. The molecular formula is C45H109BN4NaO9S. The molecule has 373 valence electrons. The first-order valence-electron chi connectivity index (χ1n) is 19.8. The van der Waals surface area contributed by atoms with Crippen LogP contribution in [0.3, 0.4) is 0 Å². The fraction of sp³-hybridized carbons (Fsp3) is 0.822. The normalized spacial score (nSPS) is 9.49. The molecule has 0 spiro atoms. The summed E-state index contributed by atoms with van der Waals surface area (Å²) in [4.78, 5) is 2.36. The zero-order chi connectivity index (χ0) is 42.8. The van der Waals surface area contributed by atoms with Crippen LogP contribution in [0.5, 0.6) is 0 Å². The van der Waals surface area contributed by atoms with Crippen molar-refractivity contribution in [3.8, 4) is 0 Å². The number of nitrogens with zero attached hydrogens (tertiary/aromatic N) is 4. The molecule has 0 unspecified atom stereocenters. The molecule has 1 saturated heterocycles. The number of aliphatic hydroxyl groups excluding tert-OH is 3. The predicted octanol–water partition coefficient (Wildman–Crippen LogP) is 7.55. The van der Waals surface area contributed by atoms with Crippen molar-refractivity contribution in [2.45, 2.75) is 181 Å². The van der Waals surface area contributed by atoms with E-state index in [1.54, 1.807) is 20.8 Å². The van der Waals surface area contributed by atoms with Crippen molar-refractivity contribution < 1.29 is 72.1 Å². The van der Waals surface area contributed by atoms with Crippen LogP contribution in [0.15, 0.2) is 30.5 Å². The molecule has 3 N–H and O–H groups in total. The average molecular weight is 916 g/mol. The van der Waals surface area contributed by atoms with Gasteiger partial charge in [0.1, 0.15) is 5.69 Å². The summed E-state index contributed by atoms with van der Waals surface area (Å²) in [5.74, 6) is -0.360. The van der Waals surface area contributed by atoms with E-state index in [1.807, 2.05) is 111 Å². The van der Waals surface area contributed by atoms with Gasteiger partial charge in [-0.3, -0.25) is 9.58 Å². The minimum absolute atomic E-state index is 0. The van der Waals surface area contributed by atoms with Gasteiger partial charge in [-0.2, -0.15) is 0 Å². The Morgan fingerprint density at radius 1 is 0.738 bits per heavy atom. The molecule has 2 heterocycles. The van der Waals surface area contributed by atoms with Crippen molar-refractivity contribution in [2.24, 2.45) is 0 Å². The van der Waals surface area contributed by atoms with Gasteiger partial charge in [0.15, 0.2) is 0 Å².